The van der Waals surface area contributed by atoms with Gasteiger partial charge in [-0.25, -0.2) is 38.7 Å². The summed E-state index contributed by atoms with van der Waals surface area (Å²) >= 11 is 6.33. The molecule has 2 amide bonds. The summed E-state index contributed by atoms with van der Waals surface area (Å²) in [6.45, 7) is 30.5. The van der Waals surface area contributed by atoms with Gasteiger partial charge in [0.05, 0.1) is 24.3 Å². The molecule has 480 valence electrons. The second kappa shape index (κ2) is 24.7. The van der Waals surface area contributed by atoms with Crippen LogP contribution < -0.4 is 34.5 Å². The molecular formula is C65H88ClN13O8S2. The second-order valence-electron chi connectivity index (χ2n) is 28.5. The molecule has 2 atom stereocenters. The fraction of sp³-hybridized carbons (Fsp3) is 0.569. The van der Waals surface area contributed by atoms with Gasteiger partial charge in [0.15, 0.2) is 21.7 Å². The Morgan fingerprint density at radius 3 is 1.96 bits per heavy atom. The fourth-order valence-electron chi connectivity index (χ4n) is 14.1. The molecule has 0 aromatic carbocycles. The normalized spacial score (nSPS) is 21.8. The molecule has 0 radical (unpaired) electrons. The summed E-state index contributed by atoms with van der Waals surface area (Å²) in [7, 11) is -8.49. The first kappa shape index (κ1) is 65.1. The zero-order valence-electron chi connectivity index (χ0n) is 53.5. The molecule has 1 saturated heterocycles. The van der Waals surface area contributed by atoms with Crippen molar-refractivity contribution in [2.45, 2.75) is 163 Å². The minimum Gasteiger partial charge on any atom is -0.477 e. The van der Waals surface area contributed by atoms with Crippen LogP contribution in [-0.2, 0) is 20.0 Å². The maximum atomic E-state index is 13.6. The number of pyridine rings is 4. The van der Waals surface area contributed by atoms with Crippen LogP contribution in [0.3, 0.4) is 0 Å². The molecule has 3 saturated carbocycles. The van der Waals surface area contributed by atoms with Crippen LogP contribution >= 0.6 is 11.6 Å². The zero-order chi connectivity index (χ0) is 64.1. The minimum atomic E-state index is -4.26. The molecule has 89 heavy (non-hydrogen) atoms. The number of aromatic nitrogens is 8. The molecular weight excluding hydrogens is 1190 g/mol. The van der Waals surface area contributed by atoms with Crippen LogP contribution in [0, 0.1) is 50.7 Å². The third kappa shape index (κ3) is 14.2. The van der Waals surface area contributed by atoms with Crippen molar-refractivity contribution in [2.75, 3.05) is 48.4 Å². The zero-order valence-corrected chi connectivity index (χ0v) is 55.9. The van der Waals surface area contributed by atoms with Crippen molar-refractivity contribution in [2.24, 2.45) is 50.7 Å². The molecule has 21 nitrogen and oxygen atoms in total. The average Bonchev–Trinajstić information content (AvgIpc) is 1.57. The molecule has 5 aliphatic rings. The lowest BCUT2D eigenvalue weighted by Gasteiger charge is -2.34. The highest BCUT2D eigenvalue weighted by atomic mass is 35.5. The third-order valence-corrected chi connectivity index (χ3v) is 23.4. The van der Waals surface area contributed by atoms with Gasteiger partial charge in [0.25, 0.3) is 31.9 Å². The van der Waals surface area contributed by atoms with Gasteiger partial charge in [-0.3, -0.25) is 9.59 Å². The number of nitrogens with zero attached hydrogens (tertiary/aromatic N) is 9. The van der Waals surface area contributed by atoms with Crippen molar-refractivity contribution in [3.05, 3.63) is 101 Å². The van der Waals surface area contributed by atoms with Crippen molar-refractivity contribution in [1.82, 2.24) is 48.9 Å². The molecule has 11 rings (SSSR count). The van der Waals surface area contributed by atoms with E-state index in [0.717, 1.165) is 50.9 Å². The van der Waals surface area contributed by atoms with Crippen molar-refractivity contribution >= 4 is 60.9 Å². The van der Waals surface area contributed by atoms with Crippen LogP contribution in [0.1, 0.15) is 168 Å². The molecule has 8 heterocycles. The predicted molar refractivity (Wildman–Crippen MR) is 344 cm³/mol. The van der Waals surface area contributed by atoms with E-state index < -0.39 is 31.9 Å². The lowest BCUT2D eigenvalue weighted by Crippen LogP contribution is -2.41. The van der Waals surface area contributed by atoms with Crippen molar-refractivity contribution in [3.8, 4) is 23.4 Å². The molecule has 0 unspecified atom stereocenters. The maximum absolute atomic E-state index is 13.6. The summed E-state index contributed by atoms with van der Waals surface area (Å²) in [6, 6.07) is 19.1. The van der Waals surface area contributed by atoms with Gasteiger partial charge in [0.1, 0.15) is 22.6 Å². The molecule has 6 aromatic rings. The smallest absolute Gasteiger partial charge is 0.281 e. The number of carbonyl (C=O) groups excluding carboxylic acids is 2. The number of hydrogen-bond donors (Lipinski definition) is 4. The first-order chi connectivity index (χ1) is 41.8. The van der Waals surface area contributed by atoms with Gasteiger partial charge in [-0.15, -0.1) is 10.2 Å². The van der Waals surface area contributed by atoms with E-state index in [-0.39, 0.29) is 31.9 Å². The Kier molecular flexibility index (Phi) is 18.1. The monoisotopic (exact) mass is 1280 g/mol. The van der Waals surface area contributed by atoms with Crippen LogP contribution in [0.4, 0.5) is 17.5 Å². The van der Waals surface area contributed by atoms with E-state index in [4.69, 9.17) is 26.1 Å². The van der Waals surface area contributed by atoms with E-state index in [1.54, 1.807) is 59.5 Å². The van der Waals surface area contributed by atoms with Gasteiger partial charge < -0.3 is 25.0 Å². The molecule has 4 fully saturated rings. The fourth-order valence-corrected chi connectivity index (χ4v) is 16.3. The number of carbonyl (C=O) groups is 2. The summed E-state index contributed by atoms with van der Waals surface area (Å²) in [6.07, 6.45) is 14.0. The Bertz CT molecular complexity index is 3800. The third-order valence-electron chi connectivity index (χ3n) is 20.7. The summed E-state index contributed by atoms with van der Waals surface area (Å²) in [5, 5.41) is 14.8. The van der Waals surface area contributed by atoms with Gasteiger partial charge in [-0.1, -0.05) is 93.0 Å². The Morgan fingerprint density at radius 1 is 0.730 bits per heavy atom. The number of sulfonamides is 2. The van der Waals surface area contributed by atoms with Crippen LogP contribution in [0.25, 0.3) is 11.6 Å². The van der Waals surface area contributed by atoms with Gasteiger partial charge in [-0.05, 0) is 177 Å². The molecule has 2 aliphatic heterocycles. The Morgan fingerprint density at radius 2 is 1.35 bits per heavy atom. The molecule has 0 spiro atoms. The molecule has 3 aliphatic carbocycles. The molecule has 4 bridgehead atoms. The molecule has 4 N–H and O–H groups in total. The number of amides is 2. The van der Waals surface area contributed by atoms with E-state index >= 15 is 0 Å². The van der Waals surface area contributed by atoms with Gasteiger partial charge in [0, 0.05) is 49.7 Å². The van der Waals surface area contributed by atoms with E-state index in [2.05, 4.69) is 133 Å². The summed E-state index contributed by atoms with van der Waals surface area (Å²) in [4.78, 5) is 46.3. The highest BCUT2D eigenvalue weighted by molar-refractivity contribution is 7.90. The Labute approximate surface area is 529 Å². The summed E-state index contributed by atoms with van der Waals surface area (Å²) in [5.41, 5.74) is 1.42. The lowest BCUT2D eigenvalue weighted by molar-refractivity contribution is 0.0972. The number of ether oxygens (including phenoxy) is 2. The quantitative estimate of drug-likeness (QED) is 0.0460. The Balaban J connectivity index is 0.000000196. The Hall–Kier alpha value is -6.85. The number of anilines is 3. The van der Waals surface area contributed by atoms with Crippen molar-refractivity contribution in [1.29, 1.82) is 0 Å². The average molecular weight is 1280 g/mol. The first-order valence-corrected chi connectivity index (χ1v) is 34.5. The van der Waals surface area contributed by atoms with Crippen molar-refractivity contribution < 1.29 is 35.9 Å². The number of nitrogens with one attached hydrogen (secondary N) is 4. The number of hydrogen-bond acceptors (Lipinski definition) is 17. The number of rotatable bonds is 18. The first-order valence-electron chi connectivity index (χ1n) is 31.2. The summed E-state index contributed by atoms with van der Waals surface area (Å²) in [5.74, 6) is 3.79. The number of fused-ring (bicyclic) bond motifs is 6. The minimum absolute atomic E-state index is 0.0911. The van der Waals surface area contributed by atoms with Gasteiger partial charge >= 0.3 is 0 Å². The van der Waals surface area contributed by atoms with Crippen LogP contribution in [-0.4, -0.2) is 107 Å². The molecule has 24 heteroatoms. The van der Waals surface area contributed by atoms with E-state index in [0.29, 0.717) is 119 Å². The van der Waals surface area contributed by atoms with Crippen LogP contribution in [0.15, 0.2) is 95.2 Å². The summed E-state index contributed by atoms with van der Waals surface area (Å²) < 4.78 is 71.8. The van der Waals surface area contributed by atoms with Crippen LogP contribution in [0.5, 0.6) is 11.8 Å². The molecule has 6 aromatic heterocycles. The SMILES string of the molecule is CC1(C)CC[C@@H](CCCNc2cccc(S(=O)(=O)NC(=O)c3ccc(-n4ccc(OCCC5C(C)(C)C5(C)C)n4)nc3Cl)n2)C1.CC1(C)C[C@@H]2CCCNc3cccc(n3)S(=O)(=O)NC(=O)c3ccc(-n4ccc(OCCC5C(C)(C)C5(C)C)n4)nc3N1C2. The van der Waals surface area contributed by atoms with Crippen LogP contribution in [0.2, 0.25) is 5.15 Å². The van der Waals surface area contributed by atoms with E-state index in [1.807, 2.05) is 6.07 Å². The van der Waals surface area contributed by atoms with Crippen molar-refractivity contribution in [3.63, 3.8) is 0 Å². The predicted octanol–water partition coefficient (Wildman–Crippen LogP) is 11.9. The standard InChI is InChI=1S/C33H45ClN6O4S.C32H43N7O4S/c1-31(2)17-14-22(21-31)9-8-18-35-25-10-7-11-28(36-25)45(42,43)39-30(41)23-12-13-26(37-29(23)34)40-19-15-27(38-40)44-20-16-24-32(3,4)33(24,5)6;1-30(2)19-21-9-8-16-33-24-10-7-11-27(34-24)44(41,42)37-29(40)22-12-13-25(35-28(22)38(30)20-21)39-17-14-26(36-39)43-18-15-23-31(3,4)32(23,5)6/h7,10-13,15,19,22,24H,8-9,14,16-18,20-21H2,1-6H3,(H,35,36)(H,39,41);7,10-14,17,21,23H,8-9,15-16,18-20H2,1-6H3,(H,33,34)(H,37,40)/t22-;21-/m10/s1. The van der Waals surface area contributed by atoms with E-state index in [9.17, 15) is 26.4 Å². The van der Waals surface area contributed by atoms with Gasteiger partial charge in [0.2, 0.25) is 11.8 Å². The highest BCUT2D eigenvalue weighted by Gasteiger charge is 2.64. The highest BCUT2D eigenvalue weighted by Crippen LogP contribution is 2.70. The largest absolute Gasteiger partial charge is 0.477 e. The maximum Gasteiger partial charge on any atom is 0.281 e. The lowest BCUT2D eigenvalue weighted by atomic mass is 9.89. The second-order valence-corrected chi connectivity index (χ2v) is 32.1. The number of halogens is 1. The topological polar surface area (TPSA) is 259 Å². The van der Waals surface area contributed by atoms with Gasteiger partial charge in [-0.2, -0.15) is 16.8 Å². The van der Waals surface area contributed by atoms with E-state index in [1.165, 1.54) is 48.2 Å².